The number of nitrogens with one attached hydrogen (secondary N) is 2. The molecule has 0 aliphatic rings. The first-order valence-electron chi connectivity index (χ1n) is 7.41. The minimum absolute atomic E-state index is 0.488. The van der Waals surface area contributed by atoms with Gasteiger partial charge in [-0.05, 0) is 0 Å². The third-order valence-electron chi connectivity index (χ3n) is 2.35. The van der Waals surface area contributed by atoms with Crippen molar-refractivity contribution < 1.29 is 28.5 Å². The SMILES string of the molecule is NNCCOCCOCCOCCOCCOCCNC=O. The molecular weight excluding hydrogens is 294 g/mol. The van der Waals surface area contributed by atoms with Crippen LogP contribution in [0.15, 0.2) is 0 Å². The summed E-state index contributed by atoms with van der Waals surface area (Å²) in [5.74, 6) is 5.09. The van der Waals surface area contributed by atoms with Crippen LogP contribution >= 0.6 is 0 Å². The molecule has 0 fully saturated rings. The normalized spacial score (nSPS) is 10.8. The smallest absolute Gasteiger partial charge is 0.207 e. The van der Waals surface area contributed by atoms with Crippen LogP contribution in [0.4, 0.5) is 0 Å². The second kappa shape index (κ2) is 20.2. The van der Waals surface area contributed by atoms with E-state index < -0.39 is 0 Å². The Morgan fingerprint density at radius 1 is 0.636 bits per heavy atom. The van der Waals surface area contributed by atoms with Gasteiger partial charge >= 0.3 is 0 Å². The van der Waals surface area contributed by atoms with Crippen molar-refractivity contribution in [3.05, 3.63) is 0 Å². The standard InChI is InChI=1S/C13H29N3O6/c14-16-2-4-19-6-8-21-10-12-22-11-9-20-7-5-18-3-1-15-13-17/h13,16H,1-12,14H2,(H,15,17). The minimum Gasteiger partial charge on any atom is -0.378 e. The molecule has 0 saturated heterocycles. The number of nitrogens with two attached hydrogens (primary N) is 1. The highest BCUT2D eigenvalue weighted by Crippen LogP contribution is 1.83. The number of carbonyl (C=O) groups excluding carboxylic acids is 1. The first-order chi connectivity index (χ1) is 10.9. The summed E-state index contributed by atoms with van der Waals surface area (Å²) >= 11 is 0. The fourth-order valence-electron chi connectivity index (χ4n) is 1.30. The number of amides is 1. The van der Waals surface area contributed by atoms with Crippen LogP contribution in [0, 0.1) is 0 Å². The summed E-state index contributed by atoms with van der Waals surface area (Å²) in [4.78, 5) is 9.95. The van der Waals surface area contributed by atoms with Crippen molar-refractivity contribution in [2.45, 2.75) is 0 Å². The summed E-state index contributed by atoms with van der Waals surface area (Å²) in [6, 6.07) is 0. The Morgan fingerprint density at radius 2 is 1.00 bits per heavy atom. The molecule has 0 rings (SSSR count). The zero-order valence-corrected chi connectivity index (χ0v) is 13.1. The summed E-state index contributed by atoms with van der Waals surface area (Å²) in [6.45, 7) is 6.42. The van der Waals surface area contributed by atoms with E-state index in [9.17, 15) is 4.79 Å². The lowest BCUT2D eigenvalue weighted by Gasteiger charge is -2.07. The fraction of sp³-hybridized carbons (Fsp3) is 0.923. The molecule has 0 aromatic heterocycles. The summed E-state index contributed by atoms with van der Waals surface area (Å²) in [5, 5.41) is 2.51. The number of ether oxygens (including phenoxy) is 5. The number of hydrogen-bond acceptors (Lipinski definition) is 8. The van der Waals surface area contributed by atoms with E-state index in [2.05, 4.69) is 10.7 Å². The molecule has 0 radical (unpaired) electrons. The molecule has 0 atom stereocenters. The molecule has 0 aliphatic heterocycles. The highest BCUT2D eigenvalue weighted by Gasteiger charge is 1.93. The van der Waals surface area contributed by atoms with Crippen LogP contribution in [0.5, 0.6) is 0 Å². The minimum atomic E-state index is 0.488. The Kier molecular flexibility index (Phi) is 19.4. The van der Waals surface area contributed by atoms with Gasteiger partial charge in [0, 0.05) is 13.1 Å². The Balaban J connectivity index is 2.92. The number of hydrazine groups is 1. The summed E-state index contributed by atoms with van der Waals surface area (Å²) in [7, 11) is 0. The van der Waals surface area contributed by atoms with E-state index in [1.807, 2.05) is 0 Å². The van der Waals surface area contributed by atoms with E-state index in [0.29, 0.717) is 85.6 Å². The van der Waals surface area contributed by atoms with Crippen molar-refractivity contribution >= 4 is 6.41 Å². The molecule has 0 unspecified atom stereocenters. The summed E-state index contributed by atoms with van der Waals surface area (Å²) in [6.07, 6.45) is 0.646. The first kappa shape index (κ1) is 21.2. The van der Waals surface area contributed by atoms with Gasteiger partial charge in [-0.2, -0.15) is 0 Å². The fourth-order valence-corrected chi connectivity index (χ4v) is 1.30. The lowest BCUT2D eigenvalue weighted by molar-refractivity contribution is -0.109. The molecular formula is C13H29N3O6. The van der Waals surface area contributed by atoms with Gasteiger partial charge < -0.3 is 29.0 Å². The van der Waals surface area contributed by atoms with E-state index in [0.717, 1.165) is 0 Å². The molecule has 4 N–H and O–H groups in total. The van der Waals surface area contributed by atoms with Gasteiger partial charge in [-0.25, -0.2) is 0 Å². The van der Waals surface area contributed by atoms with E-state index in [1.54, 1.807) is 0 Å². The van der Waals surface area contributed by atoms with Crippen LogP contribution in [0.25, 0.3) is 0 Å². The molecule has 22 heavy (non-hydrogen) atoms. The van der Waals surface area contributed by atoms with Crippen LogP contribution in [0.2, 0.25) is 0 Å². The highest BCUT2D eigenvalue weighted by atomic mass is 16.6. The second-order valence-corrected chi connectivity index (χ2v) is 4.09. The summed E-state index contributed by atoms with van der Waals surface area (Å²) < 4.78 is 26.4. The molecule has 0 aromatic carbocycles. The lowest BCUT2D eigenvalue weighted by Crippen LogP contribution is -2.26. The van der Waals surface area contributed by atoms with Gasteiger partial charge in [0.15, 0.2) is 0 Å². The topological polar surface area (TPSA) is 113 Å². The highest BCUT2D eigenvalue weighted by molar-refractivity contribution is 5.45. The van der Waals surface area contributed by atoms with Gasteiger partial charge in [-0.15, -0.1) is 0 Å². The van der Waals surface area contributed by atoms with Crippen LogP contribution < -0.4 is 16.6 Å². The first-order valence-corrected chi connectivity index (χ1v) is 7.41. The second-order valence-electron chi connectivity index (χ2n) is 4.09. The average Bonchev–Trinajstić information content (AvgIpc) is 2.54. The monoisotopic (exact) mass is 323 g/mol. The van der Waals surface area contributed by atoms with E-state index in [4.69, 9.17) is 29.5 Å². The molecule has 132 valence electrons. The largest absolute Gasteiger partial charge is 0.378 e. The molecule has 0 saturated carbocycles. The number of hydrogen-bond donors (Lipinski definition) is 3. The molecule has 0 aromatic rings. The molecule has 0 bridgehead atoms. The predicted octanol–water partition coefficient (Wildman–Crippen LogP) is -1.72. The quantitative estimate of drug-likeness (QED) is 0.111. The van der Waals surface area contributed by atoms with Crippen LogP contribution in [-0.2, 0) is 28.5 Å². The van der Waals surface area contributed by atoms with Crippen molar-refractivity contribution in [2.75, 3.05) is 79.2 Å². The van der Waals surface area contributed by atoms with Gasteiger partial charge in [0.1, 0.15) is 0 Å². The maximum atomic E-state index is 9.95. The van der Waals surface area contributed by atoms with Gasteiger partial charge in [-0.1, -0.05) is 0 Å². The Bertz CT molecular complexity index is 224. The van der Waals surface area contributed by atoms with E-state index in [1.165, 1.54) is 0 Å². The molecule has 0 heterocycles. The van der Waals surface area contributed by atoms with Crippen molar-refractivity contribution in [3.8, 4) is 0 Å². The zero-order valence-electron chi connectivity index (χ0n) is 13.1. The lowest BCUT2D eigenvalue weighted by atomic mass is 10.6. The van der Waals surface area contributed by atoms with Gasteiger partial charge in [0.25, 0.3) is 0 Å². The van der Waals surface area contributed by atoms with Crippen molar-refractivity contribution in [3.63, 3.8) is 0 Å². The van der Waals surface area contributed by atoms with E-state index >= 15 is 0 Å². The van der Waals surface area contributed by atoms with Gasteiger partial charge in [0.05, 0.1) is 66.1 Å². The number of carbonyl (C=O) groups is 1. The molecule has 9 nitrogen and oxygen atoms in total. The van der Waals surface area contributed by atoms with Gasteiger partial charge in [0.2, 0.25) is 6.41 Å². The summed E-state index contributed by atoms with van der Waals surface area (Å²) in [5.41, 5.74) is 2.50. The molecule has 1 amide bonds. The molecule has 9 heteroatoms. The van der Waals surface area contributed by atoms with Crippen molar-refractivity contribution in [1.82, 2.24) is 10.7 Å². The van der Waals surface area contributed by atoms with Crippen LogP contribution in [0.1, 0.15) is 0 Å². The van der Waals surface area contributed by atoms with Crippen LogP contribution in [-0.4, -0.2) is 85.6 Å². The Morgan fingerprint density at radius 3 is 1.36 bits per heavy atom. The molecule has 0 spiro atoms. The maximum absolute atomic E-state index is 9.95. The van der Waals surface area contributed by atoms with Crippen LogP contribution in [0.3, 0.4) is 0 Å². The number of rotatable bonds is 19. The van der Waals surface area contributed by atoms with E-state index in [-0.39, 0.29) is 0 Å². The Labute approximate surface area is 131 Å². The van der Waals surface area contributed by atoms with Crippen molar-refractivity contribution in [1.29, 1.82) is 0 Å². The van der Waals surface area contributed by atoms with Gasteiger partial charge in [-0.3, -0.25) is 16.1 Å². The third-order valence-corrected chi connectivity index (χ3v) is 2.35. The average molecular weight is 323 g/mol. The molecule has 0 aliphatic carbocycles. The Hall–Kier alpha value is -0.810. The predicted molar refractivity (Wildman–Crippen MR) is 80.4 cm³/mol. The van der Waals surface area contributed by atoms with Crippen molar-refractivity contribution in [2.24, 2.45) is 5.84 Å². The maximum Gasteiger partial charge on any atom is 0.207 e. The third kappa shape index (κ3) is 19.2. The zero-order chi connectivity index (χ0) is 16.1.